The lowest BCUT2D eigenvalue weighted by atomic mass is 10.6. The third-order valence-electron chi connectivity index (χ3n) is 1.44. The first-order valence-corrected chi connectivity index (χ1v) is 6.01. The summed E-state index contributed by atoms with van der Waals surface area (Å²) in [5.74, 6) is -1.10. The van der Waals surface area contributed by atoms with Crippen LogP contribution < -0.4 is 0 Å². The van der Waals surface area contributed by atoms with Crippen LogP contribution in [0.3, 0.4) is 0 Å². The van der Waals surface area contributed by atoms with E-state index in [1.54, 1.807) is 0 Å². The minimum atomic E-state index is -0.697. The van der Waals surface area contributed by atoms with E-state index in [-0.39, 0.29) is 6.61 Å². The number of carbonyl (C=O) groups excluding carboxylic acids is 2. The number of hydrogen-bond donors (Lipinski definition) is 0. The molecule has 0 bridgehead atoms. The smallest absolute Gasteiger partial charge is 0.346 e. The molecule has 0 radical (unpaired) electrons. The van der Waals surface area contributed by atoms with Crippen molar-refractivity contribution in [1.82, 2.24) is 0 Å². The first-order chi connectivity index (χ1) is 6.63. The number of hydrogen-bond acceptors (Lipinski definition) is 4. The van der Waals surface area contributed by atoms with E-state index in [1.807, 2.05) is 13.8 Å². The Morgan fingerprint density at radius 3 is 2.36 bits per heavy atom. The second kappa shape index (κ2) is 7.51. The molecule has 0 amide bonds. The van der Waals surface area contributed by atoms with Gasteiger partial charge in [0.2, 0.25) is 0 Å². The van der Waals surface area contributed by atoms with E-state index < -0.39 is 20.1 Å². The maximum atomic E-state index is 11.1. The minimum absolute atomic E-state index is 0.330. The first kappa shape index (κ1) is 13.1. The summed E-state index contributed by atoms with van der Waals surface area (Å²) in [6, 6.07) is 0. The molecule has 0 rings (SSSR count). The van der Waals surface area contributed by atoms with Gasteiger partial charge in [-0.1, -0.05) is 20.4 Å². The topological polar surface area (TPSA) is 52.6 Å². The predicted molar refractivity (Wildman–Crippen MR) is 55.3 cm³/mol. The Balaban J connectivity index is 3.74. The lowest BCUT2D eigenvalue weighted by Crippen LogP contribution is -2.14. The highest BCUT2D eigenvalue weighted by atomic mass is 31.1. The van der Waals surface area contributed by atoms with Gasteiger partial charge in [0.15, 0.2) is 6.61 Å². The summed E-state index contributed by atoms with van der Waals surface area (Å²) < 4.78 is 9.58. The van der Waals surface area contributed by atoms with Gasteiger partial charge in [-0.05, 0) is 0 Å². The van der Waals surface area contributed by atoms with Crippen molar-refractivity contribution in [2.75, 3.05) is 18.9 Å². The van der Waals surface area contributed by atoms with Gasteiger partial charge in [-0.3, -0.25) is 0 Å². The van der Waals surface area contributed by atoms with Crippen LogP contribution in [0.1, 0.15) is 13.8 Å². The molecule has 0 fully saturated rings. The zero-order valence-corrected chi connectivity index (χ0v) is 9.38. The van der Waals surface area contributed by atoms with Crippen LogP contribution >= 0.6 is 8.15 Å². The summed E-state index contributed by atoms with van der Waals surface area (Å²) in [6.45, 7) is 6.79. The molecule has 0 atom stereocenters. The fraction of sp³-hybridized carbons (Fsp3) is 0.556. The van der Waals surface area contributed by atoms with Crippen LogP contribution in [0, 0.1) is 0 Å². The van der Waals surface area contributed by atoms with Crippen LogP contribution in [-0.2, 0) is 18.8 Å². The quantitative estimate of drug-likeness (QED) is 0.387. The second-order valence-corrected chi connectivity index (χ2v) is 4.80. The molecule has 0 unspecified atom stereocenters. The summed E-state index contributed by atoms with van der Waals surface area (Å²) in [5.41, 5.74) is 0. The monoisotopic (exact) mass is 218 g/mol. The summed E-state index contributed by atoms with van der Waals surface area (Å²) in [4.78, 5) is 21.7. The Hall–Kier alpha value is -0.890. The van der Waals surface area contributed by atoms with E-state index in [1.165, 1.54) is 0 Å². The van der Waals surface area contributed by atoms with E-state index in [4.69, 9.17) is 4.52 Å². The summed E-state index contributed by atoms with van der Waals surface area (Å²) in [5, 5.41) is 0. The van der Waals surface area contributed by atoms with E-state index >= 15 is 0 Å². The van der Waals surface area contributed by atoms with Gasteiger partial charge in [0, 0.05) is 18.4 Å². The van der Waals surface area contributed by atoms with Crippen LogP contribution in [0.2, 0.25) is 0 Å². The number of rotatable bonds is 6. The van der Waals surface area contributed by atoms with E-state index in [9.17, 15) is 9.59 Å². The Kier molecular flexibility index (Phi) is 7.03. The molecule has 0 saturated heterocycles. The lowest BCUT2D eigenvalue weighted by Gasteiger charge is -2.12. The number of carbonyl (C=O) groups is 2. The molecule has 0 aromatic rings. The largest absolute Gasteiger partial charge is 0.451 e. The molecule has 0 aromatic carbocycles. The molecular formula is C9H15O4P. The van der Waals surface area contributed by atoms with Crippen LogP contribution in [0.25, 0.3) is 0 Å². The standard InChI is InChI=1S/C9H15O4P/c1-4-8(10)12-7-9(11)13-14(5-2)6-3/h4H,1,5-7H2,2-3H3. The van der Waals surface area contributed by atoms with Crippen LogP contribution in [-0.4, -0.2) is 30.9 Å². The maximum absolute atomic E-state index is 11.1. The van der Waals surface area contributed by atoms with Gasteiger partial charge in [-0.25, -0.2) is 9.59 Å². The van der Waals surface area contributed by atoms with Crippen molar-refractivity contribution in [2.24, 2.45) is 0 Å². The lowest BCUT2D eigenvalue weighted by molar-refractivity contribution is -0.149. The second-order valence-electron chi connectivity index (χ2n) is 2.39. The average Bonchev–Trinajstić information content (AvgIpc) is 2.22. The predicted octanol–water partition coefficient (Wildman–Crippen LogP) is 1.70. The molecule has 0 aliphatic heterocycles. The highest BCUT2D eigenvalue weighted by molar-refractivity contribution is 7.53. The Bertz CT molecular complexity index is 211. The van der Waals surface area contributed by atoms with Gasteiger partial charge >= 0.3 is 11.9 Å². The van der Waals surface area contributed by atoms with Crippen LogP contribution in [0.5, 0.6) is 0 Å². The minimum Gasteiger partial charge on any atom is -0.451 e. The van der Waals surface area contributed by atoms with Crippen molar-refractivity contribution >= 4 is 20.1 Å². The number of esters is 1. The molecule has 5 heteroatoms. The third-order valence-corrected chi connectivity index (χ3v) is 3.31. The van der Waals surface area contributed by atoms with Gasteiger partial charge in [0.25, 0.3) is 0 Å². The molecule has 0 heterocycles. The van der Waals surface area contributed by atoms with Crippen molar-refractivity contribution in [3.05, 3.63) is 12.7 Å². The van der Waals surface area contributed by atoms with Gasteiger partial charge < -0.3 is 9.26 Å². The van der Waals surface area contributed by atoms with Gasteiger partial charge in [0.05, 0.1) is 8.15 Å². The Morgan fingerprint density at radius 1 is 1.36 bits per heavy atom. The van der Waals surface area contributed by atoms with Crippen LogP contribution in [0.15, 0.2) is 12.7 Å². The molecule has 80 valence electrons. The van der Waals surface area contributed by atoms with Gasteiger partial charge in [0.1, 0.15) is 0 Å². The molecule has 0 aliphatic rings. The van der Waals surface area contributed by atoms with Gasteiger partial charge in [-0.2, -0.15) is 0 Å². The Labute approximate surface area is 85.1 Å². The van der Waals surface area contributed by atoms with E-state index in [0.717, 1.165) is 18.4 Å². The van der Waals surface area contributed by atoms with Crippen molar-refractivity contribution in [2.45, 2.75) is 13.8 Å². The molecule has 0 spiro atoms. The molecule has 0 aliphatic carbocycles. The average molecular weight is 218 g/mol. The number of ether oxygens (including phenoxy) is 1. The van der Waals surface area contributed by atoms with Crippen molar-refractivity contribution in [1.29, 1.82) is 0 Å². The zero-order valence-electron chi connectivity index (χ0n) is 8.49. The van der Waals surface area contributed by atoms with Crippen molar-refractivity contribution < 1.29 is 18.8 Å². The summed E-state index contributed by atoms with van der Waals surface area (Å²) in [7, 11) is -0.697. The molecule has 0 saturated carbocycles. The highest BCUT2D eigenvalue weighted by Crippen LogP contribution is 2.35. The SMILES string of the molecule is C=CC(=O)OCC(=O)OP(CC)CC. The highest BCUT2D eigenvalue weighted by Gasteiger charge is 2.11. The van der Waals surface area contributed by atoms with Crippen LogP contribution in [0.4, 0.5) is 0 Å². The van der Waals surface area contributed by atoms with Crippen molar-refractivity contribution in [3.8, 4) is 0 Å². The van der Waals surface area contributed by atoms with E-state index in [0.29, 0.717) is 0 Å². The zero-order chi connectivity index (χ0) is 11.0. The molecule has 14 heavy (non-hydrogen) atoms. The first-order valence-electron chi connectivity index (χ1n) is 4.38. The third kappa shape index (κ3) is 5.70. The Morgan fingerprint density at radius 2 is 1.93 bits per heavy atom. The van der Waals surface area contributed by atoms with E-state index in [2.05, 4.69) is 11.3 Å². The molecule has 0 N–H and O–H groups in total. The molecule has 4 nitrogen and oxygen atoms in total. The molecular weight excluding hydrogens is 203 g/mol. The maximum Gasteiger partial charge on any atom is 0.346 e. The normalized spacial score (nSPS) is 9.64. The fourth-order valence-electron chi connectivity index (χ4n) is 0.712. The summed E-state index contributed by atoms with van der Waals surface area (Å²) in [6.07, 6.45) is 2.66. The summed E-state index contributed by atoms with van der Waals surface area (Å²) >= 11 is 0. The molecule has 0 aromatic heterocycles. The fourth-order valence-corrected chi connectivity index (χ4v) is 1.76. The van der Waals surface area contributed by atoms with Crippen molar-refractivity contribution in [3.63, 3.8) is 0 Å². The van der Waals surface area contributed by atoms with Gasteiger partial charge in [-0.15, -0.1) is 0 Å².